The van der Waals surface area contributed by atoms with E-state index in [1.807, 2.05) is 25.1 Å². The molecule has 0 saturated heterocycles. The Hall–Kier alpha value is -2.04. The maximum atomic E-state index is 12.1. The molecule has 2 rings (SSSR count). The van der Waals surface area contributed by atoms with Crippen LogP contribution >= 0.6 is 23.2 Å². The molecule has 2 aromatic rings. The number of carbonyl (C=O) groups is 2. The molecular weight excluding hydrogens is 373 g/mol. The predicted molar refractivity (Wildman–Crippen MR) is 104 cm³/mol. The number of hydrogen-bond acceptors (Lipinski definition) is 3. The largest absolute Gasteiger partial charge is 0.481 e. The number of halogens is 2. The van der Waals surface area contributed by atoms with Gasteiger partial charge in [0.15, 0.2) is 12.4 Å². The van der Waals surface area contributed by atoms with Crippen molar-refractivity contribution in [1.29, 1.82) is 0 Å². The lowest BCUT2D eigenvalue weighted by Crippen LogP contribution is -2.36. The van der Waals surface area contributed by atoms with Gasteiger partial charge in [0, 0.05) is 11.1 Å². The van der Waals surface area contributed by atoms with Crippen LogP contribution in [0, 0.1) is 0 Å². The molecule has 0 aromatic heterocycles. The highest BCUT2D eigenvalue weighted by molar-refractivity contribution is 6.36. The molecule has 4 nitrogen and oxygen atoms in total. The lowest BCUT2D eigenvalue weighted by molar-refractivity contribution is -0.123. The number of nitrogens with one attached hydrogen (secondary N) is 1. The summed E-state index contributed by atoms with van der Waals surface area (Å²) in [7, 11) is 0. The highest BCUT2D eigenvalue weighted by atomic mass is 35.5. The Morgan fingerprint density at radius 3 is 2.50 bits per heavy atom. The fourth-order valence-corrected chi connectivity index (χ4v) is 3.07. The molecule has 0 radical (unpaired) electrons. The van der Waals surface area contributed by atoms with E-state index < -0.39 is 0 Å². The molecule has 1 amide bonds. The van der Waals surface area contributed by atoms with Crippen LogP contribution in [0.2, 0.25) is 10.0 Å². The van der Waals surface area contributed by atoms with Crippen molar-refractivity contribution < 1.29 is 14.3 Å². The maximum Gasteiger partial charge on any atom is 0.258 e. The first-order chi connectivity index (χ1) is 12.4. The van der Waals surface area contributed by atoms with Gasteiger partial charge in [-0.05, 0) is 44.4 Å². The summed E-state index contributed by atoms with van der Waals surface area (Å²) < 4.78 is 5.49. The third-order valence-corrected chi connectivity index (χ3v) is 4.35. The number of aryl methyl sites for hydroxylation is 1. The van der Waals surface area contributed by atoms with Gasteiger partial charge in [-0.15, -0.1) is 0 Å². The van der Waals surface area contributed by atoms with Crippen molar-refractivity contribution in [3.8, 4) is 5.75 Å². The van der Waals surface area contributed by atoms with Crippen LogP contribution in [0.5, 0.6) is 5.75 Å². The molecule has 0 heterocycles. The van der Waals surface area contributed by atoms with E-state index in [4.69, 9.17) is 27.9 Å². The smallest absolute Gasteiger partial charge is 0.258 e. The number of carbonyl (C=O) groups excluding carboxylic acids is 2. The first-order valence-electron chi connectivity index (χ1n) is 8.33. The van der Waals surface area contributed by atoms with Gasteiger partial charge in [-0.25, -0.2) is 0 Å². The molecule has 0 bridgehead atoms. The van der Waals surface area contributed by atoms with Gasteiger partial charge in [0.05, 0.1) is 10.6 Å². The Morgan fingerprint density at radius 1 is 1.15 bits per heavy atom. The third-order valence-electron chi connectivity index (χ3n) is 3.85. The van der Waals surface area contributed by atoms with Crippen molar-refractivity contribution in [2.24, 2.45) is 0 Å². The fourth-order valence-electron chi connectivity index (χ4n) is 2.52. The Morgan fingerprint density at radius 2 is 1.85 bits per heavy atom. The summed E-state index contributed by atoms with van der Waals surface area (Å²) in [5, 5.41) is 3.42. The van der Waals surface area contributed by atoms with E-state index in [0.717, 1.165) is 12.8 Å². The molecule has 0 saturated carbocycles. The first-order valence-corrected chi connectivity index (χ1v) is 9.08. The number of benzene rings is 2. The first kappa shape index (κ1) is 20.3. The average molecular weight is 394 g/mol. The van der Waals surface area contributed by atoms with E-state index in [1.165, 1.54) is 24.6 Å². The molecular formula is C20H21Cl2NO3. The zero-order chi connectivity index (χ0) is 19.1. The van der Waals surface area contributed by atoms with E-state index in [0.29, 0.717) is 5.02 Å². The van der Waals surface area contributed by atoms with Crippen molar-refractivity contribution >= 4 is 34.9 Å². The molecule has 0 aliphatic rings. The summed E-state index contributed by atoms with van der Waals surface area (Å²) in [5.41, 5.74) is 1.48. The molecule has 6 heteroatoms. The van der Waals surface area contributed by atoms with Crippen molar-refractivity contribution in [2.75, 3.05) is 6.61 Å². The fraction of sp³-hybridized carbons (Fsp3) is 0.300. The van der Waals surface area contributed by atoms with Crippen molar-refractivity contribution in [2.45, 2.75) is 32.7 Å². The van der Waals surface area contributed by atoms with E-state index in [2.05, 4.69) is 17.4 Å². The zero-order valence-corrected chi connectivity index (χ0v) is 16.2. The van der Waals surface area contributed by atoms with Gasteiger partial charge in [-0.1, -0.05) is 53.5 Å². The minimum absolute atomic E-state index is 0.000673. The van der Waals surface area contributed by atoms with Gasteiger partial charge >= 0.3 is 0 Å². The van der Waals surface area contributed by atoms with Crippen LogP contribution in [0.3, 0.4) is 0 Å². The molecule has 0 unspecified atom stereocenters. The van der Waals surface area contributed by atoms with E-state index in [-0.39, 0.29) is 40.7 Å². The van der Waals surface area contributed by atoms with Crippen LogP contribution in [0.4, 0.5) is 0 Å². The molecule has 1 N–H and O–H groups in total. The van der Waals surface area contributed by atoms with Gasteiger partial charge in [-0.3, -0.25) is 9.59 Å². The standard InChI is InChI=1S/C20H21Cl2NO3/c1-13(8-9-15-6-4-3-5-7-15)23-19(25)12-26-20-17(14(2)24)10-16(21)11-18(20)22/h3-7,10-11,13H,8-9,12H2,1-2H3,(H,23,25)/t13-/m1/s1. The van der Waals surface area contributed by atoms with E-state index in [1.54, 1.807) is 0 Å². The molecule has 26 heavy (non-hydrogen) atoms. The Balaban J connectivity index is 1.88. The normalized spacial score (nSPS) is 11.7. The van der Waals surface area contributed by atoms with E-state index in [9.17, 15) is 9.59 Å². The van der Waals surface area contributed by atoms with Crippen molar-refractivity contribution in [3.05, 3.63) is 63.6 Å². The zero-order valence-electron chi connectivity index (χ0n) is 14.7. The quantitative estimate of drug-likeness (QED) is 0.660. The number of ketones is 1. The second-order valence-corrected chi connectivity index (χ2v) is 6.95. The molecule has 0 fully saturated rings. The number of hydrogen-bond donors (Lipinski definition) is 1. The average Bonchev–Trinajstić information content (AvgIpc) is 2.59. The predicted octanol–water partition coefficient (Wildman–Crippen LogP) is 4.71. The highest BCUT2D eigenvalue weighted by Gasteiger charge is 2.16. The molecule has 2 aromatic carbocycles. The number of rotatable bonds is 8. The SMILES string of the molecule is CC(=O)c1cc(Cl)cc(Cl)c1OCC(=O)N[C@H](C)CCc1ccccc1. The van der Waals surface area contributed by atoms with Gasteiger partial charge in [0.1, 0.15) is 5.75 Å². The topological polar surface area (TPSA) is 55.4 Å². The molecule has 138 valence electrons. The Labute approximate surface area is 163 Å². The lowest BCUT2D eigenvalue weighted by atomic mass is 10.1. The monoisotopic (exact) mass is 393 g/mol. The minimum atomic E-state index is -0.272. The van der Waals surface area contributed by atoms with Gasteiger partial charge in [0.2, 0.25) is 0 Å². The van der Waals surface area contributed by atoms with Crippen molar-refractivity contribution in [1.82, 2.24) is 5.32 Å². The minimum Gasteiger partial charge on any atom is -0.481 e. The molecule has 0 aliphatic carbocycles. The third kappa shape index (κ3) is 6.04. The van der Waals surface area contributed by atoms with Crippen LogP contribution in [-0.2, 0) is 11.2 Å². The maximum absolute atomic E-state index is 12.1. The van der Waals surface area contributed by atoms with E-state index >= 15 is 0 Å². The summed E-state index contributed by atoms with van der Waals surface area (Å²) in [5.74, 6) is -0.331. The van der Waals surface area contributed by atoms with Crippen LogP contribution in [0.25, 0.3) is 0 Å². The van der Waals surface area contributed by atoms with Crippen molar-refractivity contribution in [3.63, 3.8) is 0 Å². The number of ether oxygens (including phenoxy) is 1. The summed E-state index contributed by atoms with van der Waals surface area (Å²) in [4.78, 5) is 23.8. The van der Waals surface area contributed by atoms with Crippen LogP contribution < -0.4 is 10.1 Å². The molecule has 1 atom stereocenters. The van der Waals surface area contributed by atoms with Gasteiger partial charge < -0.3 is 10.1 Å². The van der Waals surface area contributed by atoms with Crippen LogP contribution in [0.15, 0.2) is 42.5 Å². The summed E-state index contributed by atoms with van der Waals surface area (Å²) in [6.45, 7) is 3.11. The Kier molecular flexibility index (Phi) is 7.49. The second kappa shape index (κ2) is 9.60. The van der Waals surface area contributed by atoms with Gasteiger partial charge in [0.25, 0.3) is 5.91 Å². The molecule has 0 aliphatic heterocycles. The number of Topliss-reactive ketones (excluding diaryl/α,β-unsaturated/α-hetero) is 1. The highest BCUT2D eigenvalue weighted by Crippen LogP contribution is 2.32. The Bertz CT molecular complexity index is 778. The van der Waals surface area contributed by atoms with Crippen LogP contribution in [0.1, 0.15) is 36.2 Å². The lowest BCUT2D eigenvalue weighted by Gasteiger charge is -2.16. The second-order valence-electron chi connectivity index (χ2n) is 6.10. The molecule has 0 spiro atoms. The van der Waals surface area contributed by atoms with Gasteiger partial charge in [-0.2, -0.15) is 0 Å². The van der Waals surface area contributed by atoms with Crippen LogP contribution in [-0.4, -0.2) is 24.3 Å². The number of amides is 1. The summed E-state index contributed by atoms with van der Waals surface area (Å²) in [6.07, 6.45) is 1.69. The summed E-state index contributed by atoms with van der Waals surface area (Å²) >= 11 is 12.0. The summed E-state index contributed by atoms with van der Waals surface area (Å²) in [6, 6.07) is 13.0.